The van der Waals surface area contributed by atoms with Crippen molar-refractivity contribution in [1.29, 1.82) is 5.41 Å². The molecule has 0 aliphatic heterocycles. The summed E-state index contributed by atoms with van der Waals surface area (Å²) in [5, 5.41) is 8.20. The number of nitrogens with one attached hydrogen (secondary N) is 1. The maximum atomic E-state index is 12.0. The fourth-order valence-electron chi connectivity index (χ4n) is 2.49. The van der Waals surface area contributed by atoms with Crippen LogP contribution in [-0.4, -0.2) is 18.3 Å². The second kappa shape index (κ2) is 4.35. The summed E-state index contributed by atoms with van der Waals surface area (Å²) in [5.74, 6) is -0.330. The van der Waals surface area contributed by atoms with E-state index in [2.05, 4.69) is 0 Å². The molecule has 0 unspecified atom stereocenters. The van der Waals surface area contributed by atoms with Crippen LogP contribution >= 0.6 is 0 Å². The summed E-state index contributed by atoms with van der Waals surface area (Å²) >= 11 is 0. The molecule has 0 saturated heterocycles. The Morgan fingerprint density at radius 3 is 2.47 bits per heavy atom. The van der Waals surface area contributed by atoms with Crippen LogP contribution < -0.4 is 0 Å². The van der Waals surface area contributed by atoms with Crippen LogP contribution in [-0.2, 0) is 4.74 Å². The third kappa shape index (κ3) is 1.66. The predicted molar refractivity (Wildman–Crippen MR) is 73.8 cm³/mol. The summed E-state index contributed by atoms with van der Waals surface area (Å²) in [6.07, 6.45) is 0. The van der Waals surface area contributed by atoms with E-state index in [0.717, 1.165) is 22.3 Å². The van der Waals surface area contributed by atoms with Crippen molar-refractivity contribution in [3.05, 3.63) is 59.2 Å². The Morgan fingerprint density at radius 1 is 1.05 bits per heavy atom. The number of benzene rings is 2. The highest BCUT2D eigenvalue weighted by molar-refractivity contribution is 6.25. The van der Waals surface area contributed by atoms with Gasteiger partial charge < -0.3 is 4.74 Å². The predicted octanol–water partition coefficient (Wildman–Crippen LogP) is 3.26. The minimum Gasteiger partial charge on any atom is -0.462 e. The first-order chi connectivity index (χ1) is 9.24. The number of hydrogen-bond donors (Lipinski definition) is 1. The highest BCUT2D eigenvalue weighted by Crippen LogP contribution is 2.38. The van der Waals surface area contributed by atoms with Crippen LogP contribution in [0.15, 0.2) is 42.5 Å². The Labute approximate surface area is 111 Å². The number of carbonyl (C=O) groups excluding carboxylic acids is 1. The summed E-state index contributed by atoms with van der Waals surface area (Å²) in [6.45, 7) is 2.14. The molecule has 94 valence electrons. The quantitative estimate of drug-likeness (QED) is 0.711. The van der Waals surface area contributed by atoms with Crippen LogP contribution in [0.3, 0.4) is 0 Å². The fourth-order valence-corrected chi connectivity index (χ4v) is 2.49. The summed E-state index contributed by atoms with van der Waals surface area (Å²) < 4.78 is 5.09. The van der Waals surface area contributed by atoms with E-state index in [4.69, 9.17) is 10.1 Å². The van der Waals surface area contributed by atoms with Crippen molar-refractivity contribution in [3.8, 4) is 11.1 Å². The zero-order valence-corrected chi connectivity index (χ0v) is 10.6. The molecule has 0 bridgehead atoms. The van der Waals surface area contributed by atoms with E-state index in [-0.39, 0.29) is 5.97 Å². The Bertz CT molecular complexity index is 689. The molecule has 3 rings (SSSR count). The fraction of sp³-hybridized carbons (Fsp3) is 0.125. The summed E-state index contributed by atoms with van der Waals surface area (Å²) in [6, 6.07) is 13.1. The van der Waals surface area contributed by atoms with Crippen LogP contribution in [0, 0.1) is 5.41 Å². The molecule has 3 heteroatoms. The van der Waals surface area contributed by atoms with Crippen molar-refractivity contribution in [2.45, 2.75) is 6.92 Å². The van der Waals surface area contributed by atoms with E-state index in [1.807, 2.05) is 30.3 Å². The second-order valence-electron chi connectivity index (χ2n) is 4.37. The summed E-state index contributed by atoms with van der Waals surface area (Å²) in [7, 11) is 0. The largest absolute Gasteiger partial charge is 0.462 e. The summed E-state index contributed by atoms with van der Waals surface area (Å²) in [5.41, 5.74) is 4.43. The standard InChI is InChI=1S/C16H13NO2/c1-2-19-16(18)13-9-5-8-12-14(13)10-6-3-4-7-11(10)15(12)17/h3-9,17H,2H2,1H3. The Kier molecular flexibility index (Phi) is 2.67. The number of fused-ring (bicyclic) bond motifs is 3. The second-order valence-corrected chi connectivity index (χ2v) is 4.37. The van der Waals surface area contributed by atoms with Gasteiger partial charge in [-0.1, -0.05) is 36.4 Å². The molecule has 1 N–H and O–H groups in total. The molecule has 0 fully saturated rings. The van der Waals surface area contributed by atoms with Crippen LogP contribution in [0.25, 0.3) is 11.1 Å². The van der Waals surface area contributed by atoms with Gasteiger partial charge in [0.15, 0.2) is 0 Å². The molecule has 2 aromatic carbocycles. The Balaban J connectivity index is 2.25. The van der Waals surface area contributed by atoms with Gasteiger partial charge in [0.2, 0.25) is 0 Å². The number of hydrogen-bond acceptors (Lipinski definition) is 3. The number of rotatable bonds is 2. The van der Waals surface area contributed by atoms with E-state index in [1.165, 1.54) is 0 Å². The SMILES string of the molecule is CCOC(=O)c1cccc2c1-c1ccccc1C2=N. The normalized spacial score (nSPS) is 11.9. The maximum Gasteiger partial charge on any atom is 0.338 e. The molecule has 0 amide bonds. The zero-order valence-electron chi connectivity index (χ0n) is 10.6. The maximum absolute atomic E-state index is 12.0. The third-order valence-corrected chi connectivity index (χ3v) is 3.29. The van der Waals surface area contributed by atoms with Crippen molar-refractivity contribution >= 4 is 11.7 Å². The number of esters is 1. The molecular weight excluding hydrogens is 238 g/mol. The lowest BCUT2D eigenvalue weighted by Gasteiger charge is -2.08. The lowest BCUT2D eigenvalue weighted by molar-refractivity contribution is 0.0527. The first-order valence-corrected chi connectivity index (χ1v) is 6.23. The molecule has 0 atom stereocenters. The van der Waals surface area contributed by atoms with Crippen LogP contribution in [0.5, 0.6) is 0 Å². The van der Waals surface area contributed by atoms with Crippen LogP contribution in [0.4, 0.5) is 0 Å². The highest BCUT2D eigenvalue weighted by Gasteiger charge is 2.28. The van der Waals surface area contributed by atoms with Gasteiger partial charge in [-0.3, -0.25) is 5.41 Å². The molecule has 0 saturated carbocycles. The summed E-state index contributed by atoms with van der Waals surface area (Å²) in [4.78, 5) is 12.0. The average Bonchev–Trinajstić information content (AvgIpc) is 2.73. The van der Waals surface area contributed by atoms with Gasteiger partial charge in [-0.25, -0.2) is 4.79 Å². The molecule has 1 aliphatic rings. The van der Waals surface area contributed by atoms with Crippen molar-refractivity contribution in [2.24, 2.45) is 0 Å². The van der Waals surface area contributed by atoms with E-state index in [9.17, 15) is 4.79 Å². The lowest BCUT2D eigenvalue weighted by Crippen LogP contribution is -2.07. The van der Waals surface area contributed by atoms with Crippen molar-refractivity contribution < 1.29 is 9.53 Å². The minimum atomic E-state index is -0.330. The third-order valence-electron chi connectivity index (χ3n) is 3.29. The highest BCUT2D eigenvalue weighted by atomic mass is 16.5. The van der Waals surface area contributed by atoms with Gasteiger partial charge in [0.05, 0.1) is 17.9 Å². The topological polar surface area (TPSA) is 50.2 Å². The van der Waals surface area contributed by atoms with Gasteiger partial charge in [-0.2, -0.15) is 0 Å². The molecule has 0 heterocycles. The molecule has 19 heavy (non-hydrogen) atoms. The molecule has 1 aliphatic carbocycles. The molecule has 3 nitrogen and oxygen atoms in total. The van der Waals surface area contributed by atoms with Gasteiger partial charge >= 0.3 is 5.97 Å². The average molecular weight is 251 g/mol. The van der Waals surface area contributed by atoms with E-state index < -0.39 is 0 Å². The van der Waals surface area contributed by atoms with Crippen molar-refractivity contribution in [2.75, 3.05) is 6.61 Å². The van der Waals surface area contributed by atoms with Gasteiger partial charge in [0.25, 0.3) is 0 Å². The van der Waals surface area contributed by atoms with Crippen molar-refractivity contribution in [1.82, 2.24) is 0 Å². The monoisotopic (exact) mass is 251 g/mol. The smallest absolute Gasteiger partial charge is 0.338 e. The van der Waals surface area contributed by atoms with E-state index in [1.54, 1.807) is 19.1 Å². The number of ether oxygens (including phenoxy) is 1. The van der Waals surface area contributed by atoms with E-state index in [0.29, 0.717) is 17.9 Å². The van der Waals surface area contributed by atoms with Crippen LogP contribution in [0.2, 0.25) is 0 Å². The molecule has 0 radical (unpaired) electrons. The van der Waals surface area contributed by atoms with Gasteiger partial charge in [-0.05, 0) is 18.6 Å². The molecule has 0 aromatic heterocycles. The van der Waals surface area contributed by atoms with Crippen molar-refractivity contribution in [3.63, 3.8) is 0 Å². The first-order valence-electron chi connectivity index (χ1n) is 6.23. The lowest BCUT2D eigenvalue weighted by atomic mass is 9.99. The van der Waals surface area contributed by atoms with Gasteiger partial charge in [0, 0.05) is 16.7 Å². The van der Waals surface area contributed by atoms with E-state index >= 15 is 0 Å². The Hall–Kier alpha value is -2.42. The molecular formula is C16H13NO2. The molecule has 0 spiro atoms. The zero-order chi connectivity index (χ0) is 13.4. The Morgan fingerprint density at radius 2 is 1.74 bits per heavy atom. The van der Waals surface area contributed by atoms with Gasteiger partial charge in [0.1, 0.15) is 0 Å². The minimum absolute atomic E-state index is 0.330. The molecule has 2 aromatic rings. The first kappa shape index (κ1) is 11.7. The number of carbonyl (C=O) groups is 1. The van der Waals surface area contributed by atoms with Gasteiger partial charge in [-0.15, -0.1) is 0 Å². The van der Waals surface area contributed by atoms with Crippen LogP contribution in [0.1, 0.15) is 28.4 Å².